The third kappa shape index (κ3) is 2.82. The maximum Gasteiger partial charge on any atom is 0.190 e. The Kier molecular flexibility index (Phi) is 3.65. The minimum atomic E-state index is -0.314. The minimum absolute atomic E-state index is 0.0117. The summed E-state index contributed by atoms with van der Waals surface area (Å²) >= 11 is 0. The van der Waals surface area contributed by atoms with E-state index < -0.39 is 0 Å². The molecule has 0 N–H and O–H groups in total. The van der Waals surface area contributed by atoms with E-state index in [1.54, 1.807) is 24.3 Å². The van der Waals surface area contributed by atoms with E-state index in [1.807, 2.05) is 12.1 Å². The second kappa shape index (κ2) is 5.56. The van der Waals surface area contributed by atoms with Gasteiger partial charge in [0, 0.05) is 0 Å². The number of nitriles is 2. The molecule has 0 saturated carbocycles. The molecule has 0 aliphatic carbocycles. The lowest BCUT2D eigenvalue weighted by Gasteiger charge is -1.96. The molecule has 1 heterocycles. The predicted molar refractivity (Wildman–Crippen MR) is 65.7 cm³/mol. The third-order valence-electron chi connectivity index (χ3n) is 2.40. The molecule has 0 radical (unpaired) electrons. The van der Waals surface area contributed by atoms with E-state index in [-0.39, 0.29) is 18.1 Å². The average molecular weight is 253 g/mol. The highest BCUT2D eigenvalue weighted by molar-refractivity contribution is 5.70. The summed E-state index contributed by atoms with van der Waals surface area (Å²) in [6.07, 6.45) is 3.33. The number of hydrogen-bond acceptors (Lipinski definition) is 4. The summed E-state index contributed by atoms with van der Waals surface area (Å²) in [5, 5.41) is 24.9. The second-order valence-electron chi connectivity index (χ2n) is 3.64. The Labute approximate surface area is 108 Å². The molecule has 1 aromatic heterocycles. The van der Waals surface area contributed by atoms with E-state index >= 15 is 0 Å². The van der Waals surface area contributed by atoms with Crippen LogP contribution >= 0.6 is 0 Å². The van der Waals surface area contributed by atoms with Crippen LogP contribution < -0.4 is 0 Å². The van der Waals surface area contributed by atoms with Gasteiger partial charge >= 0.3 is 0 Å². The Hall–Kier alpha value is -2.99. The molecule has 0 aliphatic rings. The van der Waals surface area contributed by atoms with Crippen molar-refractivity contribution in [2.45, 2.75) is 6.54 Å². The number of hydrogen-bond donors (Lipinski definition) is 0. The first kappa shape index (κ1) is 12.5. The van der Waals surface area contributed by atoms with Gasteiger partial charge in [0.2, 0.25) is 0 Å². The SMILES string of the molecule is N#CCn1nnc(C#N)c1/C=C/c1ccc(F)cc1. The Morgan fingerprint density at radius 3 is 2.58 bits per heavy atom. The quantitative estimate of drug-likeness (QED) is 0.837. The first-order chi connectivity index (χ1) is 9.24. The Balaban J connectivity index is 2.32. The van der Waals surface area contributed by atoms with E-state index in [0.717, 1.165) is 5.56 Å². The van der Waals surface area contributed by atoms with Crippen molar-refractivity contribution in [1.82, 2.24) is 15.0 Å². The number of aromatic nitrogens is 3. The summed E-state index contributed by atoms with van der Waals surface area (Å²) < 4.78 is 14.1. The highest BCUT2D eigenvalue weighted by Crippen LogP contribution is 2.11. The highest BCUT2D eigenvalue weighted by atomic mass is 19.1. The zero-order valence-electron chi connectivity index (χ0n) is 9.79. The smallest absolute Gasteiger partial charge is 0.190 e. The molecule has 0 aliphatic heterocycles. The summed E-state index contributed by atoms with van der Waals surface area (Å²) in [4.78, 5) is 0. The Morgan fingerprint density at radius 2 is 1.95 bits per heavy atom. The van der Waals surface area contributed by atoms with Crippen LogP contribution in [-0.4, -0.2) is 15.0 Å². The first-order valence-electron chi connectivity index (χ1n) is 5.39. The molecule has 92 valence electrons. The van der Waals surface area contributed by atoms with Crippen LogP contribution in [0, 0.1) is 28.5 Å². The Morgan fingerprint density at radius 1 is 1.21 bits per heavy atom. The minimum Gasteiger partial charge on any atom is -0.230 e. The van der Waals surface area contributed by atoms with Crippen molar-refractivity contribution < 1.29 is 4.39 Å². The summed E-state index contributed by atoms with van der Waals surface area (Å²) in [7, 11) is 0. The van der Waals surface area contributed by atoms with E-state index in [1.165, 1.54) is 16.8 Å². The molecular formula is C13H8FN5. The van der Waals surface area contributed by atoms with Crippen molar-refractivity contribution in [3.63, 3.8) is 0 Å². The van der Waals surface area contributed by atoms with Gasteiger partial charge in [0.15, 0.2) is 5.69 Å². The van der Waals surface area contributed by atoms with Gasteiger partial charge in [0.1, 0.15) is 24.1 Å². The molecule has 1 aromatic carbocycles. The summed E-state index contributed by atoms with van der Waals surface area (Å²) in [6.45, 7) is 0.0117. The fourth-order valence-corrected chi connectivity index (χ4v) is 1.50. The molecule has 0 fully saturated rings. The topological polar surface area (TPSA) is 78.3 Å². The van der Waals surface area contributed by atoms with Crippen molar-refractivity contribution in [3.8, 4) is 12.1 Å². The molecule has 0 bridgehead atoms. The van der Waals surface area contributed by atoms with Crippen LogP contribution in [0.1, 0.15) is 17.0 Å². The summed E-state index contributed by atoms with van der Waals surface area (Å²) in [5.41, 5.74) is 1.37. The number of benzene rings is 1. The van der Waals surface area contributed by atoms with Crippen molar-refractivity contribution in [2.75, 3.05) is 0 Å². The highest BCUT2D eigenvalue weighted by Gasteiger charge is 2.08. The molecule has 19 heavy (non-hydrogen) atoms. The fraction of sp³-hybridized carbons (Fsp3) is 0.0769. The van der Waals surface area contributed by atoms with Gasteiger partial charge in [-0.2, -0.15) is 10.5 Å². The van der Waals surface area contributed by atoms with Gasteiger partial charge in [-0.1, -0.05) is 23.4 Å². The van der Waals surface area contributed by atoms with Crippen molar-refractivity contribution in [3.05, 3.63) is 47.0 Å². The standard InChI is InChI=1S/C13H8FN5/c14-11-4-1-10(2-5-11)3-6-13-12(9-16)17-18-19(13)8-7-15/h1-6H,8H2/b6-3+. The van der Waals surface area contributed by atoms with Crippen molar-refractivity contribution in [2.24, 2.45) is 0 Å². The molecule has 0 spiro atoms. The van der Waals surface area contributed by atoms with Gasteiger partial charge in [0.05, 0.1) is 6.07 Å². The lowest BCUT2D eigenvalue weighted by Crippen LogP contribution is -2.00. The summed E-state index contributed by atoms with van der Waals surface area (Å²) in [5.74, 6) is -0.314. The van der Waals surface area contributed by atoms with Crippen molar-refractivity contribution >= 4 is 12.2 Å². The van der Waals surface area contributed by atoms with Crippen LogP contribution in [0.5, 0.6) is 0 Å². The molecule has 2 aromatic rings. The molecule has 0 atom stereocenters. The molecule has 0 saturated heterocycles. The second-order valence-corrected chi connectivity index (χ2v) is 3.64. The van der Waals surface area contributed by atoms with Crippen LogP contribution in [0.2, 0.25) is 0 Å². The largest absolute Gasteiger partial charge is 0.230 e. The van der Waals surface area contributed by atoms with Gasteiger partial charge in [-0.05, 0) is 23.8 Å². The van der Waals surface area contributed by atoms with Gasteiger partial charge in [-0.3, -0.25) is 0 Å². The van der Waals surface area contributed by atoms with Crippen LogP contribution in [0.4, 0.5) is 4.39 Å². The van der Waals surface area contributed by atoms with Crippen LogP contribution in [-0.2, 0) is 6.54 Å². The predicted octanol–water partition coefficient (Wildman–Crippen LogP) is 1.98. The zero-order chi connectivity index (χ0) is 13.7. The van der Waals surface area contributed by atoms with E-state index in [0.29, 0.717) is 5.69 Å². The molecule has 6 heteroatoms. The first-order valence-corrected chi connectivity index (χ1v) is 5.39. The normalized spacial score (nSPS) is 10.3. The Bertz CT molecular complexity index is 685. The van der Waals surface area contributed by atoms with Crippen LogP contribution in [0.25, 0.3) is 12.2 Å². The lowest BCUT2D eigenvalue weighted by atomic mass is 10.2. The third-order valence-corrected chi connectivity index (χ3v) is 2.40. The van der Waals surface area contributed by atoms with E-state index in [2.05, 4.69) is 10.3 Å². The number of rotatable bonds is 3. The van der Waals surface area contributed by atoms with Gasteiger partial charge in [-0.25, -0.2) is 9.07 Å². The van der Waals surface area contributed by atoms with Crippen LogP contribution in [0.3, 0.4) is 0 Å². The van der Waals surface area contributed by atoms with Crippen LogP contribution in [0.15, 0.2) is 24.3 Å². The average Bonchev–Trinajstić information content (AvgIpc) is 2.81. The maximum atomic E-state index is 12.8. The molecule has 2 rings (SSSR count). The van der Waals surface area contributed by atoms with Crippen molar-refractivity contribution in [1.29, 1.82) is 10.5 Å². The molecule has 5 nitrogen and oxygen atoms in total. The van der Waals surface area contributed by atoms with E-state index in [4.69, 9.17) is 10.5 Å². The molecular weight excluding hydrogens is 245 g/mol. The van der Waals surface area contributed by atoms with Gasteiger partial charge in [-0.15, -0.1) is 5.10 Å². The molecule has 0 amide bonds. The van der Waals surface area contributed by atoms with Gasteiger partial charge in [0.25, 0.3) is 0 Å². The monoisotopic (exact) mass is 253 g/mol. The number of halogens is 1. The lowest BCUT2D eigenvalue weighted by molar-refractivity contribution is 0.628. The maximum absolute atomic E-state index is 12.8. The van der Waals surface area contributed by atoms with E-state index in [9.17, 15) is 4.39 Å². The number of nitrogens with zero attached hydrogens (tertiary/aromatic N) is 5. The van der Waals surface area contributed by atoms with Gasteiger partial charge < -0.3 is 0 Å². The fourth-order valence-electron chi connectivity index (χ4n) is 1.50. The summed E-state index contributed by atoms with van der Waals surface area (Å²) in [6, 6.07) is 9.74. The molecule has 0 unspecified atom stereocenters. The zero-order valence-corrected chi connectivity index (χ0v) is 9.79.